The molecule has 6 heteroatoms. The summed E-state index contributed by atoms with van der Waals surface area (Å²) in [6.07, 6.45) is 3.16. The molecule has 20 heavy (non-hydrogen) atoms. The van der Waals surface area contributed by atoms with Crippen LogP contribution in [0.4, 0.5) is 0 Å². The molecule has 112 valence electrons. The van der Waals surface area contributed by atoms with Crippen LogP contribution in [0.15, 0.2) is 0 Å². The Balaban J connectivity index is 1.68. The van der Waals surface area contributed by atoms with Crippen LogP contribution in [-0.2, 0) is 9.59 Å². The Morgan fingerprint density at radius 3 is 2.80 bits per heavy atom. The van der Waals surface area contributed by atoms with E-state index in [1.54, 1.807) is 11.8 Å². The normalized spacial score (nSPS) is 34.7. The van der Waals surface area contributed by atoms with Gasteiger partial charge in [0.15, 0.2) is 0 Å². The Kier molecular flexibility index (Phi) is 3.71. The van der Waals surface area contributed by atoms with E-state index in [2.05, 4.69) is 6.92 Å². The highest BCUT2D eigenvalue weighted by atomic mass is 32.2. The molecular weight excluding hydrogens is 276 g/mol. The second-order valence-electron chi connectivity index (χ2n) is 6.22. The zero-order chi connectivity index (χ0) is 14.3. The molecule has 3 heterocycles. The molecule has 3 saturated heterocycles. The Bertz CT molecular complexity index is 423. The van der Waals surface area contributed by atoms with Gasteiger partial charge in [-0.3, -0.25) is 9.59 Å². The summed E-state index contributed by atoms with van der Waals surface area (Å²) in [5, 5.41) is 9.16. The lowest BCUT2D eigenvalue weighted by Gasteiger charge is -2.36. The van der Waals surface area contributed by atoms with E-state index in [0.717, 1.165) is 25.0 Å². The Hall–Kier alpha value is -0.750. The number of fused-ring (bicyclic) bond motifs is 1. The molecule has 0 aromatic rings. The highest BCUT2D eigenvalue weighted by Gasteiger charge is 2.53. The van der Waals surface area contributed by atoms with Gasteiger partial charge in [-0.25, -0.2) is 0 Å². The number of carbonyl (C=O) groups is 2. The number of carbonyl (C=O) groups excluding carboxylic acids is 2. The van der Waals surface area contributed by atoms with Crippen LogP contribution in [0.2, 0.25) is 0 Å². The number of aliphatic hydroxyl groups excluding tert-OH is 1. The fourth-order valence-corrected chi connectivity index (χ4v) is 4.97. The highest BCUT2D eigenvalue weighted by molar-refractivity contribution is 8.01. The molecule has 0 radical (unpaired) electrons. The van der Waals surface area contributed by atoms with Crippen molar-refractivity contribution in [2.75, 3.05) is 25.4 Å². The molecule has 0 saturated carbocycles. The van der Waals surface area contributed by atoms with E-state index in [-0.39, 0.29) is 29.3 Å². The van der Waals surface area contributed by atoms with Crippen molar-refractivity contribution in [2.45, 2.75) is 43.5 Å². The predicted octanol–water partition coefficient (Wildman–Crippen LogP) is 0.671. The molecule has 3 aliphatic rings. The van der Waals surface area contributed by atoms with Crippen molar-refractivity contribution in [1.29, 1.82) is 0 Å². The van der Waals surface area contributed by atoms with Crippen LogP contribution in [-0.4, -0.2) is 63.1 Å². The van der Waals surface area contributed by atoms with Crippen LogP contribution in [0.3, 0.4) is 0 Å². The summed E-state index contributed by atoms with van der Waals surface area (Å²) in [6, 6.07) is -0.273. The molecule has 0 aromatic carbocycles. The lowest BCUT2D eigenvalue weighted by molar-refractivity contribution is -0.144. The fraction of sp³-hybridized carbons (Fsp3) is 0.857. The van der Waals surface area contributed by atoms with Gasteiger partial charge in [0.1, 0.15) is 6.04 Å². The average molecular weight is 298 g/mol. The van der Waals surface area contributed by atoms with Crippen LogP contribution in [0.1, 0.15) is 32.6 Å². The number of hydrogen-bond acceptors (Lipinski definition) is 4. The van der Waals surface area contributed by atoms with E-state index < -0.39 is 0 Å². The molecule has 0 spiro atoms. The number of piperidine rings is 1. The fourth-order valence-electron chi connectivity index (χ4n) is 3.55. The van der Waals surface area contributed by atoms with E-state index in [9.17, 15) is 9.59 Å². The quantitative estimate of drug-likeness (QED) is 0.814. The van der Waals surface area contributed by atoms with Gasteiger partial charge in [0.2, 0.25) is 11.8 Å². The van der Waals surface area contributed by atoms with Crippen molar-refractivity contribution < 1.29 is 14.7 Å². The maximum Gasteiger partial charge on any atom is 0.246 e. The van der Waals surface area contributed by atoms with Gasteiger partial charge in [-0.2, -0.15) is 0 Å². The van der Waals surface area contributed by atoms with Gasteiger partial charge in [0, 0.05) is 31.9 Å². The molecule has 3 rings (SSSR count). The second kappa shape index (κ2) is 5.22. The Labute approximate surface area is 123 Å². The molecule has 2 unspecified atom stereocenters. The largest absolute Gasteiger partial charge is 0.396 e. The van der Waals surface area contributed by atoms with E-state index in [1.165, 1.54) is 0 Å². The molecule has 0 bridgehead atoms. The minimum atomic E-state index is -0.273. The number of thioether (sulfide) groups is 1. The van der Waals surface area contributed by atoms with Crippen molar-refractivity contribution in [3.63, 3.8) is 0 Å². The van der Waals surface area contributed by atoms with Crippen molar-refractivity contribution in [3.8, 4) is 0 Å². The summed E-state index contributed by atoms with van der Waals surface area (Å²) in [5.74, 6) is 1.28. The highest BCUT2D eigenvalue weighted by Crippen LogP contribution is 2.47. The molecule has 1 N–H and O–H groups in total. The van der Waals surface area contributed by atoms with Crippen molar-refractivity contribution in [3.05, 3.63) is 0 Å². The summed E-state index contributed by atoms with van der Waals surface area (Å²) >= 11 is 1.74. The van der Waals surface area contributed by atoms with E-state index >= 15 is 0 Å². The molecule has 3 aliphatic heterocycles. The van der Waals surface area contributed by atoms with Crippen LogP contribution in [0.5, 0.6) is 0 Å². The summed E-state index contributed by atoms with van der Waals surface area (Å²) < 4.78 is 0. The van der Waals surface area contributed by atoms with Gasteiger partial charge in [-0.15, -0.1) is 11.8 Å². The second-order valence-corrected chi connectivity index (χ2v) is 7.72. The number of likely N-dealkylation sites (tertiary alicyclic amines) is 1. The minimum absolute atomic E-state index is 0.105. The number of rotatable bonds is 2. The number of hydrogen-bond donors (Lipinski definition) is 1. The number of amides is 2. The zero-order valence-electron chi connectivity index (χ0n) is 11.9. The zero-order valence-corrected chi connectivity index (χ0v) is 12.7. The molecule has 0 aliphatic carbocycles. The summed E-state index contributed by atoms with van der Waals surface area (Å²) in [6.45, 7) is 3.71. The molecular formula is C14H22N2O3S. The summed E-state index contributed by atoms with van der Waals surface area (Å²) in [7, 11) is 0. The van der Waals surface area contributed by atoms with Gasteiger partial charge in [-0.1, -0.05) is 0 Å². The molecule has 2 atom stereocenters. The van der Waals surface area contributed by atoms with Crippen LogP contribution >= 0.6 is 11.8 Å². The first-order valence-electron chi connectivity index (χ1n) is 7.41. The minimum Gasteiger partial charge on any atom is -0.396 e. The Morgan fingerprint density at radius 2 is 2.15 bits per heavy atom. The SMILES string of the molecule is CC12CCC(=O)N1C(C(=O)N1CCC(CO)CC1)CS2. The van der Waals surface area contributed by atoms with Crippen molar-refractivity contribution in [2.24, 2.45) is 5.92 Å². The lowest BCUT2D eigenvalue weighted by atomic mass is 9.97. The van der Waals surface area contributed by atoms with Gasteiger partial charge < -0.3 is 14.9 Å². The van der Waals surface area contributed by atoms with Crippen LogP contribution in [0, 0.1) is 5.92 Å². The van der Waals surface area contributed by atoms with Gasteiger partial charge in [0.05, 0.1) is 4.87 Å². The third kappa shape index (κ3) is 2.22. The first-order chi connectivity index (χ1) is 9.55. The third-order valence-corrected chi connectivity index (χ3v) is 6.42. The molecule has 3 fully saturated rings. The average Bonchev–Trinajstić information content (AvgIpc) is 2.95. The van der Waals surface area contributed by atoms with Gasteiger partial charge in [-0.05, 0) is 32.1 Å². The first-order valence-corrected chi connectivity index (χ1v) is 8.39. The first kappa shape index (κ1) is 14.2. The third-order valence-electron chi connectivity index (χ3n) is 4.91. The van der Waals surface area contributed by atoms with Crippen LogP contribution < -0.4 is 0 Å². The van der Waals surface area contributed by atoms with Gasteiger partial charge >= 0.3 is 0 Å². The maximum atomic E-state index is 12.7. The van der Waals surface area contributed by atoms with Crippen LogP contribution in [0.25, 0.3) is 0 Å². The number of nitrogens with zero attached hydrogens (tertiary/aromatic N) is 2. The maximum absolute atomic E-state index is 12.7. The topological polar surface area (TPSA) is 60.9 Å². The summed E-state index contributed by atoms with van der Waals surface area (Å²) in [4.78, 5) is 28.3. The number of aliphatic hydroxyl groups is 1. The van der Waals surface area contributed by atoms with E-state index in [4.69, 9.17) is 5.11 Å². The van der Waals surface area contributed by atoms with Crippen molar-refractivity contribution in [1.82, 2.24) is 9.80 Å². The standard InChI is InChI=1S/C14H22N2O3S/c1-14-5-2-12(18)16(14)11(9-20-14)13(19)15-6-3-10(8-17)4-7-15/h10-11,17H,2-9H2,1H3. The predicted molar refractivity (Wildman–Crippen MR) is 77.1 cm³/mol. The molecule has 0 aromatic heterocycles. The lowest BCUT2D eigenvalue weighted by Crippen LogP contribution is -2.53. The van der Waals surface area contributed by atoms with Crippen molar-refractivity contribution >= 4 is 23.6 Å². The van der Waals surface area contributed by atoms with Gasteiger partial charge in [0.25, 0.3) is 0 Å². The molecule has 2 amide bonds. The Morgan fingerprint density at radius 1 is 1.45 bits per heavy atom. The van der Waals surface area contributed by atoms with E-state index in [1.807, 2.05) is 9.80 Å². The smallest absolute Gasteiger partial charge is 0.246 e. The van der Waals surface area contributed by atoms with E-state index in [0.29, 0.717) is 25.4 Å². The molecule has 5 nitrogen and oxygen atoms in total. The summed E-state index contributed by atoms with van der Waals surface area (Å²) in [5.41, 5.74) is 0. The monoisotopic (exact) mass is 298 g/mol.